The smallest absolute Gasteiger partial charge is 0.262 e. The van der Waals surface area contributed by atoms with Gasteiger partial charge in [0.25, 0.3) is 15.9 Å². The van der Waals surface area contributed by atoms with Crippen LogP contribution < -0.4 is 10.0 Å². The summed E-state index contributed by atoms with van der Waals surface area (Å²) >= 11 is 0. The average Bonchev–Trinajstić information content (AvgIpc) is 2.84. The molecule has 1 aliphatic rings. The number of hydrogen-bond acceptors (Lipinski definition) is 3. The summed E-state index contributed by atoms with van der Waals surface area (Å²) in [6, 6.07) is 13.8. The van der Waals surface area contributed by atoms with Crippen LogP contribution in [0.25, 0.3) is 10.8 Å². The molecule has 0 fully saturated rings. The van der Waals surface area contributed by atoms with Gasteiger partial charge in [-0.2, -0.15) is 0 Å². The molecular weight excluding hydrogens is 336 g/mol. The highest BCUT2D eigenvalue weighted by molar-refractivity contribution is 7.93. The lowest BCUT2D eigenvalue weighted by atomic mass is 10.1. The second kappa shape index (κ2) is 5.32. The van der Waals surface area contributed by atoms with E-state index in [1.54, 1.807) is 36.4 Å². The highest BCUT2D eigenvalue weighted by atomic mass is 32.2. The number of nitrogens with one attached hydrogen (secondary N) is 2. The van der Waals surface area contributed by atoms with Crippen molar-refractivity contribution in [3.8, 4) is 0 Å². The van der Waals surface area contributed by atoms with E-state index in [9.17, 15) is 13.2 Å². The molecule has 0 aliphatic carbocycles. The van der Waals surface area contributed by atoms with Gasteiger partial charge in [-0.3, -0.25) is 9.52 Å². The molecule has 1 amide bonds. The van der Waals surface area contributed by atoms with Crippen LogP contribution in [0.4, 0.5) is 11.4 Å². The van der Waals surface area contributed by atoms with Gasteiger partial charge >= 0.3 is 0 Å². The Kier molecular flexibility index (Phi) is 3.33. The normalized spacial score (nSPS) is 13.1. The van der Waals surface area contributed by atoms with E-state index in [-0.39, 0.29) is 10.8 Å². The van der Waals surface area contributed by atoms with Gasteiger partial charge in [-0.15, -0.1) is 0 Å². The zero-order valence-electron chi connectivity index (χ0n) is 13.8. The molecule has 6 heteroatoms. The van der Waals surface area contributed by atoms with Crippen molar-refractivity contribution in [2.24, 2.45) is 0 Å². The average molecular weight is 352 g/mol. The summed E-state index contributed by atoms with van der Waals surface area (Å²) in [6.07, 6.45) is 0. The van der Waals surface area contributed by atoms with E-state index in [0.29, 0.717) is 27.7 Å². The van der Waals surface area contributed by atoms with Crippen LogP contribution in [-0.2, 0) is 10.0 Å². The maximum absolute atomic E-state index is 12.9. The van der Waals surface area contributed by atoms with E-state index < -0.39 is 10.0 Å². The number of benzene rings is 3. The minimum atomic E-state index is -3.79. The Bertz CT molecular complexity index is 1130. The molecule has 0 saturated carbocycles. The molecule has 0 aromatic heterocycles. The van der Waals surface area contributed by atoms with Gasteiger partial charge in [0.2, 0.25) is 0 Å². The highest BCUT2D eigenvalue weighted by Gasteiger charge is 2.26. The van der Waals surface area contributed by atoms with Crippen molar-refractivity contribution in [2.45, 2.75) is 18.7 Å². The Morgan fingerprint density at radius 2 is 1.68 bits per heavy atom. The molecule has 2 N–H and O–H groups in total. The van der Waals surface area contributed by atoms with Crippen molar-refractivity contribution in [1.82, 2.24) is 0 Å². The van der Waals surface area contributed by atoms with Crippen LogP contribution in [0.15, 0.2) is 53.4 Å². The van der Waals surface area contributed by atoms with E-state index in [0.717, 1.165) is 11.1 Å². The van der Waals surface area contributed by atoms with E-state index in [4.69, 9.17) is 0 Å². The largest absolute Gasteiger partial charge is 0.321 e. The summed E-state index contributed by atoms with van der Waals surface area (Å²) in [4.78, 5) is 12.2. The molecule has 5 nitrogen and oxygen atoms in total. The molecule has 1 heterocycles. The first-order valence-electron chi connectivity index (χ1n) is 7.83. The molecule has 0 saturated heterocycles. The fourth-order valence-electron chi connectivity index (χ4n) is 3.34. The molecule has 0 unspecified atom stereocenters. The van der Waals surface area contributed by atoms with Crippen LogP contribution in [-0.4, -0.2) is 14.3 Å². The van der Waals surface area contributed by atoms with Crippen LogP contribution in [0.5, 0.6) is 0 Å². The predicted octanol–water partition coefficient (Wildman–Crippen LogP) is 3.82. The van der Waals surface area contributed by atoms with Crippen molar-refractivity contribution in [3.05, 3.63) is 65.2 Å². The number of aryl methyl sites for hydroxylation is 2. The molecule has 4 rings (SSSR count). The number of amides is 1. The lowest BCUT2D eigenvalue weighted by Crippen LogP contribution is -2.13. The third-order valence-corrected chi connectivity index (χ3v) is 5.70. The van der Waals surface area contributed by atoms with Crippen LogP contribution >= 0.6 is 0 Å². The minimum Gasteiger partial charge on any atom is -0.321 e. The summed E-state index contributed by atoms with van der Waals surface area (Å²) in [7, 11) is -3.79. The van der Waals surface area contributed by atoms with Gasteiger partial charge in [0.1, 0.15) is 0 Å². The van der Waals surface area contributed by atoms with E-state index >= 15 is 0 Å². The molecule has 1 aliphatic heterocycles. The first-order valence-corrected chi connectivity index (χ1v) is 9.32. The number of carbonyl (C=O) groups is 1. The quantitative estimate of drug-likeness (QED) is 0.752. The highest BCUT2D eigenvalue weighted by Crippen LogP contribution is 2.37. The third kappa shape index (κ3) is 2.55. The second-order valence-corrected chi connectivity index (χ2v) is 7.93. The van der Waals surface area contributed by atoms with Gasteiger partial charge < -0.3 is 5.32 Å². The molecule has 0 bridgehead atoms. The number of hydrogen-bond donors (Lipinski definition) is 2. The standard InChI is InChI=1S/C19H16N2O3S/c1-11-8-12(2)10-13(9-11)21-25(23,24)17-7-6-16-18-14(17)4-3-5-15(18)19(22)20-16/h3-10,21H,1-2H3,(H,20,22). The molecular formula is C19H16N2O3S. The minimum absolute atomic E-state index is 0.156. The van der Waals surface area contributed by atoms with Crippen molar-refractivity contribution < 1.29 is 13.2 Å². The Balaban J connectivity index is 1.87. The zero-order chi connectivity index (χ0) is 17.8. The summed E-state index contributed by atoms with van der Waals surface area (Å²) in [5.41, 5.74) is 3.62. The lowest BCUT2D eigenvalue weighted by molar-refractivity contribution is 0.103. The number of sulfonamides is 1. The fourth-order valence-corrected chi connectivity index (χ4v) is 4.59. The van der Waals surface area contributed by atoms with Gasteiger partial charge in [-0.05, 0) is 55.3 Å². The Labute approximate surface area is 145 Å². The summed E-state index contributed by atoms with van der Waals surface area (Å²) in [6.45, 7) is 3.84. The van der Waals surface area contributed by atoms with Crippen LogP contribution in [0.2, 0.25) is 0 Å². The van der Waals surface area contributed by atoms with Crippen molar-refractivity contribution in [2.75, 3.05) is 10.0 Å². The molecule has 126 valence electrons. The lowest BCUT2D eigenvalue weighted by Gasteiger charge is -2.12. The molecule has 3 aromatic rings. The van der Waals surface area contributed by atoms with Crippen LogP contribution in [0, 0.1) is 13.8 Å². The molecule has 0 spiro atoms. The fraction of sp³-hybridized carbons (Fsp3) is 0.105. The summed E-state index contributed by atoms with van der Waals surface area (Å²) in [5.74, 6) is -0.211. The van der Waals surface area contributed by atoms with E-state index in [1.165, 1.54) is 6.07 Å². The van der Waals surface area contributed by atoms with E-state index in [2.05, 4.69) is 10.0 Å². The van der Waals surface area contributed by atoms with Gasteiger partial charge in [-0.1, -0.05) is 18.2 Å². The molecule has 25 heavy (non-hydrogen) atoms. The zero-order valence-corrected chi connectivity index (χ0v) is 14.6. The number of anilines is 2. The Hall–Kier alpha value is -2.86. The van der Waals surface area contributed by atoms with Crippen LogP contribution in [0.3, 0.4) is 0 Å². The first-order chi connectivity index (χ1) is 11.8. The van der Waals surface area contributed by atoms with Gasteiger partial charge in [-0.25, -0.2) is 8.42 Å². The molecule has 0 atom stereocenters. The van der Waals surface area contributed by atoms with Crippen LogP contribution in [0.1, 0.15) is 21.5 Å². The monoisotopic (exact) mass is 352 g/mol. The number of carbonyl (C=O) groups excluding carboxylic acids is 1. The molecule has 3 aromatic carbocycles. The Morgan fingerprint density at radius 1 is 0.960 bits per heavy atom. The maximum Gasteiger partial charge on any atom is 0.262 e. The summed E-state index contributed by atoms with van der Waals surface area (Å²) in [5, 5.41) is 3.94. The van der Waals surface area contributed by atoms with Gasteiger partial charge in [0, 0.05) is 27.7 Å². The topological polar surface area (TPSA) is 75.3 Å². The Morgan fingerprint density at radius 3 is 2.40 bits per heavy atom. The number of rotatable bonds is 3. The predicted molar refractivity (Wildman–Crippen MR) is 98.6 cm³/mol. The van der Waals surface area contributed by atoms with Gasteiger partial charge in [0.05, 0.1) is 4.90 Å². The SMILES string of the molecule is Cc1cc(C)cc(NS(=O)(=O)c2ccc3c4c(cccc24)C(=O)N3)c1. The van der Waals surface area contributed by atoms with Gasteiger partial charge in [0.15, 0.2) is 0 Å². The summed E-state index contributed by atoms with van der Waals surface area (Å²) < 4.78 is 28.5. The maximum atomic E-state index is 12.9. The first kappa shape index (κ1) is 15.7. The van der Waals surface area contributed by atoms with Crippen molar-refractivity contribution in [3.63, 3.8) is 0 Å². The molecule has 0 radical (unpaired) electrons. The van der Waals surface area contributed by atoms with Crippen molar-refractivity contribution in [1.29, 1.82) is 0 Å². The van der Waals surface area contributed by atoms with E-state index in [1.807, 2.05) is 19.9 Å². The second-order valence-electron chi connectivity index (χ2n) is 6.28. The van der Waals surface area contributed by atoms with Crippen molar-refractivity contribution >= 4 is 38.1 Å². The third-order valence-electron chi connectivity index (χ3n) is 4.26.